The van der Waals surface area contributed by atoms with Crippen molar-refractivity contribution in [3.05, 3.63) is 47.7 Å². The molecule has 0 saturated heterocycles. The van der Waals surface area contributed by atoms with E-state index in [9.17, 15) is 4.39 Å². The van der Waals surface area contributed by atoms with Crippen molar-refractivity contribution in [2.24, 2.45) is 0 Å². The first-order chi connectivity index (χ1) is 10.1. The van der Waals surface area contributed by atoms with Crippen molar-refractivity contribution in [3.8, 4) is 0 Å². The highest BCUT2D eigenvalue weighted by Crippen LogP contribution is 2.32. The summed E-state index contributed by atoms with van der Waals surface area (Å²) < 4.78 is 19.4. The predicted molar refractivity (Wildman–Crippen MR) is 79.5 cm³/mol. The van der Waals surface area contributed by atoms with Gasteiger partial charge in [-0.2, -0.15) is 0 Å². The summed E-state index contributed by atoms with van der Waals surface area (Å²) >= 11 is 0. The highest BCUT2D eigenvalue weighted by Gasteiger charge is 2.16. The summed E-state index contributed by atoms with van der Waals surface area (Å²) in [4.78, 5) is 6.02. The van der Waals surface area contributed by atoms with Gasteiger partial charge in [0.05, 0.1) is 17.7 Å². The van der Waals surface area contributed by atoms with Crippen molar-refractivity contribution in [1.29, 1.82) is 0 Å². The van der Waals surface area contributed by atoms with Gasteiger partial charge in [0.15, 0.2) is 5.82 Å². The van der Waals surface area contributed by atoms with Gasteiger partial charge in [-0.3, -0.25) is 4.98 Å². The Morgan fingerprint density at radius 1 is 1.38 bits per heavy atom. The van der Waals surface area contributed by atoms with Crippen LogP contribution in [0.3, 0.4) is 0 Å². The summed E-state index contributed by atoms with van der Waals surface area (Å²) in [5, 5.41) is 4.66. The Kier molecular flexibility index (Phi) is 3.21. The quantitative estimate of drug-likeness (QED) is 0.750. The van der Waals surface area contributed by atoms with Gasteiger partial charge in [0.25, 0.3) is 0 Å². The third-order valence-corrected chi connectivity index (χ3v) is 3.31. The zero-order valence-corrected chi connectivity index (χ0v) is 11.8. The highest BCUT2D eigenvalue weighted by molar-refractivity contribution is 5.98. The summed E-state index contributed by atoms with van der Waals surface area (Å²) in [7, 11) is 1.78. The number of nitrogens with two attached hydrogens (primary N) is 1. The van der Waals surface area contributed by atoms with Gasteiger partial charge < -0.3 is 15.2 Å². The van der Waals surface area contributed by atoms with Crippen LogP contribution in [0, 0.1) is 12.7 Å². The second kappa shape index (κ2) is 5.05. The lowest BCUT2D eigenvalue weighted by Crippen LogP contribution is -2.19. The van der Waals surface area contributed by atoms with Gasteiger partial charge in [-0.25, -0.2) is 4.39 Å². The number of hydrogen-bond acceptors (Lipinski definition) is 5. The SMILES string of the molecule is Cc1cc(CN(C)c2c(F)cc(N)c3cccnc23)no1. The highest BCUT2D eigenvalue weighted by atomic mass is 19.1. The molecule has 0 unspecified atom stereocenters. The molecule has 0 radical (unpaired) electrons. The first-order valence-corrected chi connectivity index (χ1v) is 6.52. The van der Waals surface area contributed by atoms with Crippen molar-refractivity contribution in [3.63, 3.8) is 0 Å². The third kappa shape index (κ3) is 2.40. The van der Waals surface area contributed by atoms with Gasteiger partial charge in [0, 0.05) is 30.4 Å². The van der Waals surface area contributed by atoms with Crippen LogP contribution in [0.5, 0.6) is 0 Å². The minimum absolute atomic E-state index is 0.380. The van der Waals surface area contributed by atoms with Crippen LogP contribution in [0.1, 0.15) is 11.5 Å². The summed E-state index contributed by atoms with van der Waals surface area (Å²) in [5.74, 6) is 0.320. The van der Waals surface area contributed by atoms with Crippen LogP contribution in [-0.2, 0) is 6.54 Å². The molecule has 2 heterocycles. The molecular formula is C15H15FN4O. The summed E-state index contributed by atoms with van der Waals surface area (Å²) in [5.41, 5.74) is 7.91. The topological polar surface area (TPSA) is 68.2 Å². The van der Waals surface area contributed by atoms with Gasteiger partial charge in [-0.15, -0.1) is 0 Å². The summed E-state index contributed by atoms with van der Waals surface area (Å²) in [6, 6.07) is 6.75. The van der Waals surface area contributed by atoms with E-state index in [0.29, 0.717) is 23.4 Å². The lowest BCUT2D eigenvalue weighted by molar-refractivity contribution is 0.390. The minimum Gasteiger partial charge on any atom is -0.398 e. The van der Waals surface area contributed by atoms with Crippen LogP contribution in [0.25, 0.3) is 10.9 Å². The number of nitrogen functional groups attached to an aromatic ring is 1. The van der Waals surface area contributed by atoms with E-state index in [2.05, 4.69) is 10.1 Å². The molecule has 2 N–H and O–H groups in total. The van der Waals surface area contributed by atoms with Crippen molar-refractivity contribution in [2.75, 3.05) is 17.7 Å². The van der Waals surface area contributed by atoms with Crippen LogP contribution in [0.2, 0.25) is 0 Å². The van der Waals surface area contributed by atoms with E-state index in [0.717, 1.165) is 16.8 Å². The Balaban J connectivity index is 2.06. The first-order valence-electron chi connectivity index (χ1n) is 6.52. The maximum atomic E-state index is 14.3. The largest absolute Gasteiger partial charge is 0.398 e. The standard InChI is InChI=1S/C15H15FN4O/c1-9-6-10(19-21-9)8-20(2)15-12(16)7-13(17)11-4-3-5-18-14(11)15/h3-7H,8,17H2,1-2H3. The smallest absolute Gasteiger partial charge is 0.150 e. The molecule has 0 aliphatic rings. The van der Waals surface area contributed by atoms with Gasteiger partial charge in [0.2, 0.25) is 0 Å². The Bertz CT molecular complexity index is 799. The fourth-order valence-corrected chi connectivity index (χ4v) is 2.40. The molecule has 5 nitrogen and oxygen atoms in total. The molecule has 3 rings (SSSR count). The normalized spacial score (nSPS) is 11.0. The van der Waals surface area contributed by atoms with E-state index in [1.54, 1.807) is 24.2 Å². The number of anilines is 2. The Hall–Kier alpha value is -2.63. The van der Waals surface area contributed by atoms with Crippen LogP contribution in [0.4, 0.5) is 15.8 Å². The maximum Gasteiger partial charge on any atom is 0.150 e. The van der Waals surface area contributed by atoms with Crippen LogP contribution >= 0.6 is 0 Å². The van der Waals surface area contributed by atoms with Gasteiger partial charge in [-0.05, 0) is 25.1 Å². The van der Waals surface area contributed by atoms with Crippen molar-refractivity contribution < 1.29 is 8.91 Å². The van der Waals surface area contributed by atoms with E-state index in [-0.39, 0.29) is 0 Å². The zero-order valence-electron chi connectivity index (χ0n) is 11.8. The minimum atomic E-state index is -0.401. The van der Waals surface area contributed by atoms with E-state index >= 15 is 0 Å². The van der Waals surface area contributed by atoms with Crippen molar-refractivity contribution >= 4 is 22.3 Å². The molecule has 3 aromatic rings. The second-order valence-electron chi connectivity index (χ2n) is 4.98. The maximum absolute atomic E-state index is 14.3. The number of nitrogens with zero attached hydrogens (tertiary/aromatic N) is 3. The van der Waals surface area contributed by atoms with Crippen molar-refractivity contribution in [2.45, 2.75) is 13.5 Å². The molecule has 1 aromatic carbocycles. The van der Waals surface area contributed by atoms with Gasteiger partial charge >= 0.3 is 0 Å². The van der Waals surface area contributed by atoms with Gasteiger partial charge in [-0.1, -0.05) is 5.16 Å². The number of pyridine rings is 1. The Morgan fingerprint density at radius 3 is 2.90 bits per heavy atom. The summed E-state index contributed by atoms with van der Waals surface area (Å²) in [6.45, 7) is 2.24. The molecule has 2 aromatic heterocycles. The molecule has 21 heavy (non-hydrogen) atoms. The Labute approximate surface area is 121 Å². The van der Waals surface area contributed by atoms with E-state index in [1.165, 1.54) is 6.07 Å². The molecule has 0 saturated carbocycles. The lowest BCUT2D eigenvalue weighted by Gasteiger charge is -2.20. The van der Waals surface area contributed by atoms with Crippen molar-refractivity contribution in [1.82, 2.24) is 10.1 Å². The fourth-order valence-electron chi connectivity index (χ4n) is 2.40. The first kappa shape index (κ1) is 13.4. The number of hydrogen-bond donors (Lipinski definition) is 1. The third-order valence-electron chi connectivity index (χ3n) is 3.31. The van der Waals surface area contributed by atoms with E-state index in [1.807, 2.05) is 19.1 Å². The average molecular weight is 286 g/mol. The molecule has 0 spiro atoms. The molecule has 6 heteroatoms. The molecular weight excluding hydrogens is 271 g/mol. The number of rotatable bonds is 3. The van der Waals surface area contributed by atoms with E-state index in [4.69, 9.17) is 10.3 Å². The van der Waals surface area contributed by atoms with E-state index < -0.39 is 5.82 Å². The van der Waals surface area contributed by atoms with Crippen LogP contribution in [0.15, 0.2) is 35.0 Å². The fraction of sp³-hybridized carbons (Fsp3) is 0.200. The number of benzene rings is 1. The molecule has 0 fully saturated rings. The number of halogens is 1. The molecule has 0 atom stereocenters. The summed E-state index contributed by atoms with van der Waals surface area (Å²) in [6.07, 6.45) is 1.62. The zero-order chi connectivity index (χ0) is 15.0. The molecule has 0 amide bonds. The second-order valence-corrected chi connectivity index (χ2v) is 4.98. The number of aryl methyl sites for hydroxylation is 1. The lowest BCUT2D eigenvalue weighted by atomic mass is 10.1. The Morgan fingerprint density at radius 2 is 2.19 bits per heavy atom. The number of aromatic nitrogens is 2. The molecule has 0 aliphatic heterocycles. The molecule has 0 bridgehead atoms. The molecule has 0 aliphatic carbocycles. The monoisotopic (exact) mass is 286 g/mol. The molecule has 108 valence electrons. The predicted octanol–water partition coefficient (Wildman–Crippen LogP) is 2.89. The van der Waals surface area contributed by atoms with Crippen LogP contribution < -0.4 is 10.6 Å². The van der Waals surface area contributed by atoms with Crippen LogP contribution in [-0.4, -0.2) is 17.2 Å². The van der Waals surface area contributed by atoms with Gasteiger partial charge in [0.1, 0.15) is 11.5 Å². The number of fused-ring (bicyclic) bond motifs is 1. The average Bonchev–Trinajstić information content (AvgIpc) is 2.84.